The molecule has 7 nitrogen and oxygen atoms in total. The maximum atomic E-state index is 12.6. The third kappa shape index (κ3) is 4.99. The topological polar surface area (TPSA) is 101 Å². The number of thioether (sulfide) groups is 1. The molecule has 0 aliphatic carbocycles. The van der Waals surface area contributed by atoms with E-state index in [2.05, 4.69) is 20.9 Å². The van der Waals surface area contributed by atoms with Crippen LogP contribution in [0.5, 0.6) is 0 Å². The first-order chi connectivity index (χ1) is 13.9. The number of nitrogens with zero attached hydrogens (tertiary/aromatic N) is 2. The van der Waals surface area contributed by atoms with E-state index in [1.54, 1.807) is 0 Å². The summed E-state index contributed by atoms with van der Waals surface area (Å²) < 4.78 is 2.20. The zero-order valence-electron chi connectivity index (χ0n) is 15.6. The molecule has 0 saturated carbocycles. The Kier molecular flexibility index (Phi) is 6.60. The van der Waals surface area contributed by atoms with Crippen LogP contribution in [0.15, 0.2) is 73.6 Å². The first-order valence-electron chi connectivity index (χ1n) is 8.68. The van der Waals surface area contributed by atoms with Crippen LogP contribution in [-0.2, 0) is 11.3 Å². The predicted molar refractivity (Wildman–Crippen MR) is 120 cm³/mol. The van der Waals surface area contributed by atoms with Crippen molar-refractivity contribution in [3.63, 3.8) is 0 Å². The van der Waals surface area contributed by atoms with Gasteiger partial charge in [-0.2, -0.15) is 0 Å². The summed E-state index contributed by atoms with van der Waals surface area (Å²) in [5, 5.41) is 0. The Labute approximate surface area is 179 Å². The highest BCUT2D eigenvalue weighted by atomic mass is 79.9. The number of nitrogen functional groups attached to an aromatic ring is 1. The number of hydrogen-bond acceptors (Lipinski definition) is 5. The van der Waals surface area contributed by atoms with Crippen LogP contribution in [0.25, 0.3) is 0 Å². The number of carbonyl (C=O) groups is 1. The molecule has 0 bridgehead atoms. The minimum atomic E-state index is -0.693. The standard InChI is InChI=1S/C20H19BrN4O3S/c1-24(16(26)12-29-15-9-7-14(21)8-10-15)17-18(22)25(20(28)23-19(17)27)11-13-5-3-2-4-6-13/h2-10H,11-12,22H2,1H3,(H,23,27,28). The van der Waals surface area contributed by atoms with Crippen molar-refractivity contribution in [3.8, 4) is 0 Å². The van der Waals surface area contributed by atoms with Crippen LogP contribution in [-0.4, -0.2) is 28.3 Å². The van der Waals surface area contributed by atoms with Crippen molar-refractivity contribution in [2.45, 2.75) is 11.4 Å². The van der Waals surface area contributed by atoms with E-state index in [0.29, 0.717) is 0 Å². The van der Waals surface area contributed by atoms with Crippen LogP contribution in [0.1, 0.15) is 5.56 Å². The number of rotatable bonds is 6. The van der Waals surface area contributed by atoms with Crippen LogP contribution in [0.3, 0.4) is 0 Å². The van der Waals surface area contributed by atoms with E-state index in [0.717, 1.165) is 14.9 Å². The number of halogens is 1. The van der Waals surface area contributed by atoms with Gasteiger partial charge in [0, 0.05) is 16.4 Å². The second kappa shape index (κ2) is 9.15. The molecular formula is C20H19BrN4O3S. The lowest BCUT2D eigenvalue weighted by Crippen LogP contribution is -2.40. The Morgan fingerprint density at radius 2 is 1.79 bits per heavy atom. The molecule has 3 N–H and O–H groups in total. The van der Waals surface area contributed by atoms with Gasteiger partial charge in [-0.05, 0) is 29.8 Å². The van der Waals surface area contributed by atoms with Gasteiger partial charge in [-0.15, -0.1) is 11.8 Å². The van der Waals surface area contributed by atoms with E-state index < -0.39 is 11.2 Å². The predicted octanol–water partition coefficient (Wildman–Crippen LogP) is 2.68. The van der Waals surface area contributed by atoms with E-state index in [1.165, 1.54) is 28.3 Å². The Morgan fingerprint density at radius 1 is 1.14 bits per heavy atom. The van der Waals surface area contributed by atoms with Crippen molar-refractivity contribution in [2.24, 2.45) is 0 Å². The van der Waals surface area contributed by atoms with Crippen molar-refractivity contribution < 1.29 is 4.79 Å². The molecule has 3 aromatic rings. The smallest absolute Gasteiger partial charge is 0.330 e. The van der Waals surface area contributed by atoms with Crippen LogP contribution >= 0.6 is 27.7 Å². The van der Waals surface area contributed by atoms with Crippen LogP contribution < -0.4 is 21.9 Å². The summed E-state index contributed by atoms with van der Waals surface area (Å²) in [4.78, 5) is 41.6. The van der Waals surface area contributed by atoms with E-state index >= 15 is 0 Å². The average molecular weight is 475 g/mol. The van der Waals surface area contributed by atoms with Gasteiger partial charge in [0.15, 0.2) is 5.69 Å². The normalized spacial score (nSPS) is 10.7. The number of amides is 1. The molecule has 0 spiro atoms. The Bertz CT molecular complexity index is 1130. The summed E-state index contributed by atoms with van der Waals surface area (Å²) in [6.07, 6.45) is 0. The number of nitrogens with one attached hydrogen (secondary N) is 1. The van der Waals surface area contributed by atoms with Gasteiger partial charge >= 0.3 is 5.69 Å². The number of anilines is 2. The van der Waals surface area contributed by atoms with Gasteiger partial charge in [-0.3, -0.25) is 19.1 Å². The highest BCUT2D eigenvalue weighted by Gasteiger charge is 2.21. The average Bonchev–Trinajstić information content (AvgIpc) is 2.71. The molecule has 9 heteroatoms. The summed E-state index contributed by atoms with van der Waals surface area (Å²) >= 11 is 4.72. The Morgan fingerprint density at radius 3 is 2.45 bits per heavy atom. The monoisotopic (exact) mass is 474 g/mol. The second-order valence-corrected chi connectivity index (χ2v) is 8.22. The number of aromatic nitrogens is 2. The fraction of sp³-hybridized carbons (Fsp3) is 0.150. The molecule has 3 rings (SSSR count). The zero-order chi connectivity index (χ0) is 21.0. The van der Waals surface area contributed by atoms with Gasteiger partial charge in [0.05, 0.1) is 12.3 Å². The van der Waals surface area contributed by atoms with Gasteiger partial charge in [0.2, 0.25) is 5.91 Å². The number of hydrogen-bond donors (Lipinski definition) is 2. The van der Waals surface area contributed by atoms with Crippen LogP contribution in [0.4, 0.5) is 11.5 Å². The Hall–Kier alpha value is -2.78. The first-order valence-corrected chi connectivity index (χ1v) is 10.5. The third-order valence-corrected chi connectivity index (χ3v) is 5.81. The minimum Gasteiger partial charge on any atom is -0.383 e. The van der Waals surface area contributed by atoms with Crippen molar-refractivity contribution in [2.75, 3.05) is 23.4 Å². The van der Waals surface area contributed by atoms with Crippen molar-refractivity contribution in [3.05, 3.63) is 85.5 Å². The molecule has 1 heterocycles. The first kappa shape index (κ1) is 20.9. The summed E-state index contributed by atoms with van der Waals surface area (Å²) in [6.45, 7) is 0.185. The van der Waals surface area contributed by atoms with E-state index in [9.17, 15) is 14.4 Å². The molecule has 1 aromatic heterocycles. The van der Waals surface area contributed by atoms with Crippen LogP contribution in [0.2, 0.25) is 0 Å². The molecule has 1 amide bonds. The van der Waals surface area contributed by atoms with Gasteiger partial charge in [0.1, 0.15) is 5.82 Å². The van der Waals surface area contributed by atoms with Gasteiger partial charge in [-0.25, -0.2) is 4.79 Å². The van der Waals surface area contributed by atoms with E-state index in [-0.39, 0.29) is 29.7 Å². The fourth-order valence-corrected chi connectivity index (χ4v) is 3.80. The lowest BCUT2D eigenvalue weighted by Gasteiger charge is -2.20. The number of benzene rings is 2. The van der Waals surface area contributed by atoms with E-state index in [1.807, 2.05) is 54.6 Å². The number of carbonyl (C=O) groups excluding carboxylic acids is 1. The largest absolute Gasteiger partial charge is 0.383 e. The minimum absolute atomic E-state index is 0.0399. The molecule has 0 radical (unpaired) electrons. The molecule has 0 fully saturated rings. The lowest BCUT2D eigenvalue weighted by atomic mass is 10.2. The quantitative estimate of drug-likeness (QED) is 0.534. The van der Waals surface area contributed by atoms with E-state index in [4.69, 9.17) is 5.73 Å². The van der Waals surface area contributed by atoms with Crippen molar-refractivity contribution in [1.29, 1.82) is 0 Å². The number of nitrogens with two attached hydrogens (primary N) is 1. The fourth-order valence-electron chi connectivity index (χ4n) is 2.72. The van der Waals surface area contributed by atoms with Crippen molar-refractivity contribution in [1.82, 2.24) is 9.55 Å². The summed E-state index contributed by atoms with van der Waals surface area (Å²) in [5.41, 5.74) is 5.63. The molecule has 0 aliphatic heterocycles. The molecule has 29 heavy (non-hydrogen) atoms. The maximum Gasteiger partial charge on any atom is 0.330 e. The van der Waals surface area contributed by atoms with Gasteiger partial charge < -0.3 is 10.6 Å². The second-order valence-electron chi connectivity index (χ2n) is 6.26. The SMILES string of the molecule is CN(C(=O)CSc1ccc(Br)cc1)c1c(N)n(Cc2ccccc2)c(=O)[nH]c1=O. The number of aromatic amines is 1. The molecule has 0 aliphatic rings. The zero-order valence-corrected chi connectivity index (χ0v) is 18.0. The van der Waals surface area contributed by atoms with Crippen molar-refractivity contribution >= 4 is 45.1 Å². The molecule has 2 aromatic carbocycles. The summed E-state index contributed by atoms with van der Waals surface area (Å²) in [6, 6.07) is 16.8. The van der Waals surface area contributed by atoms with Gasteiger partial charge in [0.25, 0.3) is 5.56 Å². The Balaban J connectivity index is 1.83. The highest BCUT2D eigenvalue weighted by molar-refractivity contribution is 9.10. The lowest BCUT2D eigenvalue weighted by molar-refractivity contribution is -0.115. The maximum absolute atomic E-state index is 12.6. The molecule has 0 unspecified atom stereocenters. The summed E-state index contributed by atoms with van der Waals surface area (Å²) in [5.74, 6) is -0.235. The van der Waals surface area contributed by atoms with Crippen LogP contribution in [0, 0.1) is 0 Å². The van der Waals surface area contributed by atoms with Gasteiger partial charge in [-0.1, -0.05) is 46.3 Å². The molecule has 150 valence electrons. The summed E-state index contributed by atoms with van der Waals surface area (Å²) in [7, 11) is 1.47. The number of H-pyrrole nitrogens is 1. The molecule has 0 atom stereocenters. The molecule has 0 saturated heterocycles. The third-order valence-electron chi connectivity index (χ3n) is 4.28. The molecular weight excluding hydrogens is 456 g/mol. The highest BCUT2D eigenvalue weighted by Crippen LogP contribution is 2.22.